The quantitative estimate of drug-likeness (QED) is 0.543. The first-order valence-electron chi connectivity index (χ1n) is 3.04. The van der Waals surface area contributed by atoms with Gasteiger partial charge in [0.2, 0.25) is 0 Å². The molecule has 0 saturated heterocycles. The van der Waals surface area contributed by atoms with Gasteiger partial charge >= 0.3 is 0 Å². The van der Waals surface area contributed by atoms with Crippen LogP contribution in [-0.2, 0) is 0 Å². The van der Waals surface area contributed by atoms with Crippen molar-refractivity contribution in [3.63, 3.8) is 0 Å². The highest BCUT2D eigenvalue weighted by atomic mass is 35.5. The maximum Gasteiger partial charge on any atom is 0.0465 e. The van der Waals surface area contributed by atoms with Crippen LogP contribution in [0.25, 0.3) is 0 Å². The number of hydrogen-bond donors (Lipinski definition) is 1. The molecular weight excluding hydrogens is 122 g/mol. The number of rotatable bonds is 0. The van der Waals surface area contributed by atoms with Gasteiger partial charge in [-0.2, -0.15) is 0 Å². The third-order valence-corrected chi connectivity index (χ3v) is 1.18. The molecule has 8 heavy (non-hydrogen) atoms. The maximum absolute atomic E-state index is 7.36. The van der Waals surface area contributed by atoms with Crippen molar-refractivity contribution < 1.29 is 1.37 Å². The molecule has 0 aliphatic rings. The lowest BCUT2D eigenvalue weighted by Gasteiger charge is -2.22. The minimum atomic E-state index is -0.812. The van der Waals surface area contributed by atoms with Gasteiger partial charge in [-0.05, 0) is 12.3 Å². The van der Waals surface area contributed by atoms with Crippen molar-refractivity contribution in [1.82, 2.24) is 0 Å². The van der Waals surface area contributed by atoms with Gasteiger partial charge in [0.25, 0.3) is 0 Å². The van der Waals surface area contributed by atoms with E-state index in [-0.39, 0.29) is 17.8 Å². The van der Waals surface area contributed by atoms with Crippen LogP contribution in [0.4, 0.5) is 0 Å². The summed E-state index contributed by atoms with van der Waals surface area (Å²) in [6.07, 6.45) is 0. The molecule has 52 valence electrons. The van der Waals surface area contributed by atoms with E-state index in [4.69, 9.17) is 7.10 Å². The SMILES string of the molecule is Cl.[2H]C(C)(N)C(C)(C)C. The smallest absolute Gasteiger partial charge is 0.0465 e. The molecule has 0 spiro atoms. The Morgan fingerprint density at radius 2 is 1.62 bits per heavy atom. The van der Waals surface area contributed by atoms with Gasteiger partial charge in [0.1, 0.15) is 0 Å². The molecule has 1 nitrogen and oxygen atoms in total. The van der Waals surface area contributed by atoms with Gasteiger partial charge < -0.3 is 5.73 Å². The molecule has 0 aromatic rings. The fourth-order valence-electron chi connectivity index (χ4n) is 0. The van der Waals surface area contributed by atoms with Crippen molar-refractivity contribution >= 4 is 12.4 Å². The molecule has 0 rings (SSSR count). The van der Waals surface area contributed by atoms with Crippen LogP contribution in [0.3, 0.4) is 0 Å². The minimum Gasteiger partial charge on any atom is -0.327 e. The molecule has 0 aliphatic heterocycles. The van der Waals surface area contributed by atoms with Crippen molar-refractivity contribution in [2.75, 3.05) is 0 Å². The molecule has 0 aliphatic carbocycles. The zero-order valence-corrected chi connectivity index (χ0v) is 6.80. The van der Waals surface area contributed by atoms with Crippen molar-refractivity contribution in [1.29, 1.82) is 0 Å². The van der Waals surface area contributed by atoms with Crippen molar-refractivity contribution in [2.24, 2.45) is 11.1 Å². The molecule has 0 saturated carbocycles. The van der Waals surface area contributed by atoms with Gasteiger partial charge in [0, 0.05) is 7.39 Å². The predicted molar refractivity (Wildman–Crippen MR) is 40.4 cm³/mol. The van der Waals surface area contributed by atoms with E-state index in [9.17, 15) is 0 Å². The third-order valence-electron chi connectivity index (χ3n) is 1.18. The monoisotopic (exact) mass is 138 g/mol. The summed E-state index contributed by atoms with van der Waals surface area (Å²) in [7, 11) is 0. The molecule has 0 fully saturated rings. The van der Waals surface area contributed by atoms with E-state index in [0.717, 1.165) is 0 Å². The molecule has 2 heteroatoms. The summed E-state index contributed by atoms with van der Waals surface area (Å²) in [5.41, 5.74) is 5.36. The molecule has 1 unspecified atom stereocenters. The van der Waals surface area contributed by atoms with Crippen molar-refractivity contribution in [2.45, 2.75) is 33.7 Å². The van der Waals surface area contributed by atoms with Crippen LogP contribution in [0.2, 0.25) is 0 Å². The summed E-state index contributed by atoms with van der Waals surface area (Å²) in [4.78, 5) is 0. The number of halogens is 1. The largest absolute Gasteiger partial charge is 0.327 e. The van der Waals surface area contributed by atoms with Gasteiger partial charge in [-0.15, -0.1) is 12.4 Å². The van der Waals surface area contributed by atoms with Gasteiger partial charge in [-0.25, -0.2) is 0 Å². The number of nitrogens with two attached hydrogens (primary N) is 1. The Balaban J connectivity index is 0. The second-order valence-electron chi connectivity index (χ2n) is 2.93. The Hall–Kier alpha value is 0.250. The van der Waals surface area contributed by atoms with E-state index in [1.165, 1.54) is 0 Å². The lowest BCUT2D eigenvalue weighted by Crippen LogP contribution is -2.31. The van der Waals surface area contributed by atoms with Crippen LogP contribution in [-0.4, -0.2) is 6.02 Å². The molecule has 0 aromatic heterocycles. The highest BCUT2D eigenvalue weighted by Gasteiger charge is 2.14. The lowest BCUT2D eigenvalue weighted by molar-refractivity contribution is 0.340. The van der Waals surface area contributed by atoms with Gasteiger partial charge in [-0.1, -0.05) is 20.8 Å². The zero-order chi connectivity index (χ0) is 7.00. The van der Waals surface area contributed by atoms with Gasteiger partial charge in [0.15, 0.2) is 0 Å². The van der Waals surface area contributed by atoms with Crippen molar-refractivity contribution in [3.05, 3.63) is 0 Å². The topological polar surface area (TPSA) is 26.0 Å². The molecule has 1 atom stereocenters. The normalized spacial score (nSPS) is 20.4. The van der Waals surface area contributed by atoms with E-state index >= 15 is 0 Å². The third kappa shape index (κ3) is 4.41. The van der Waals surface area contributed by atoms with Gasteiger partial charge in [0.05, 0.1) is 0 Å². The summed E-state index contributed by atoms with van der Waals surface area (Å²) in [5.74, 6) is 0. The Labute approximate surface area is 59.5 Å². The first-order valence-corrected chi connectivity index (χ1v) is 2.54. The Kier molecular flexibility index (Phi) is 3.41. The van der Waals surface area contributed by atoms with Gasteiger partial charge in [-0.3, -0.25) is 0 Å². The standard InChI is InChI=1S/C6H15N.ClH/c1-5(7)6(2,3)4;/h5H,7H2,1-4H3;1H/i5D;. The van der Waals surface area contributed by atoms with E-state index in [0.29, 0.717) is 0 Å². The summed E-state index contributed by atoms with van der Waals surface area (Å²) in [6.45, 7) is 7.59. The van der Waals surface area contributed by atoms with Crippen molar-refractivity contribution in [3.8, 4) is 0 Å². The fraction of sp³-hybridized carbons (Fsp3) is 1.00. The molecule has 0 radical (unpaired) electrons. The van der Waals surface area contributed by atoms with Crippen LogP contribution in [0, 0.1) is 5.41 Å². The van der Waals surface area contributed by atoms with Crippen LogP contribution in [0.1, 0.15) is 29.1 Å². The minimum absolute atomic E-state index is 0. The Bertz CT molecular complexity index is 68.0. The summed E-state index contributed by atoms with van der Waals surface area (Å²) in [5, 5.41) is 0. The summed E-state index contributed by atoms with van der Waals surface area (Å²) < 4.78 is 7.36. The average molecular weight is 139 g/mol. The zero-order valence-electron chi connectivity index (χ0n) is 6.99. The molecule has 0 aromatic carbocycles. The summed E-state index contributed by atoms with van der Waals surface area (Å²) in [6, 6.07) is -0.812. The molecular formula is C6H16ClN. The van der Waals surface area contributed by atoms with E-state index < -0.39 is 6.02 Å². The van der Waals surface area contributed by atoms with E-state index in [2.05, 4.69) is 0 Å². The second kappa shape index (κ2) is 3.31. The van der Waals surface area contributed by atoms with E-state index in [1.807, 2.05) is 20.8 Å². The Morgan fingerprint density at radius 1 is 1.50 bits per heavy atom. The summed E-state index contributed by atoms with van der Waals surface area (Å²) >= 11 is 0. The lowest BCUT2D eigenvalue weighted by atomic mass is 9.89. The highest BCUT2D eigenvalue weighted by Crippen LogP contribution is 2.15. The van der Waals surface area contributed by atoms with Crippen LogP contribution < -0.4 is 5.73 Å². The fourth-order valence-corrected chi connectivity index (χ4v) is 0. The maximum atomic E-state index is 7.36. The Morgan fingerprint density at radius 3 is 1.62 bits per heavy atom. The molecule has 0 heterocycles. The van der Waals surface area contributed by atoms with E-state index in [1.54, 1.807) is 6.92 Å². The predicted octanol–water partition coefficient (Wildman–Crippen LogP) is 1.80. The molecule has 0 bridgehead atoms. The second-order valence-corrected chi connectivity index (χ2v) is 2.93. The number of hydrogen-bond acceptors (Lipinski definition) is 1. The molecule has 0 amide bonds. The van der Waals surface area contributed by atoms with Crippen LogP contribution in [0.5, 0.6) is 0 Å². The average Bonchev–Trinajstić information content (AvgIpc) is 1.25. The van der Waals surface area contributed by atoms with Crippen LogP contribution >= 0.6 is 12.4 Å². The first kappa shape index (κ1) is 8.25. The first-order chi connectivity index (χ1) is 3.25. The molecule has 2 N–H and O–H groups in total. The highest BCUT2D eigenvalue weighted by molar-refractivity contribution is 5.85. The van der Waals surface area contributed by atoms with Crippen LogP contribution in [0.15, 0.2) is 0 Å².